The molecule has 108 valence electrons. The van der Waals surface area contributed by atoms with Crippen LogP contribution in [0.2, 0.25) is 0 Å². The number of alkyl halides is 2. The van der Waals surface area contributed by atoms with Crippen molar-refractivity contribution in [3.8, 4) is 5.75 Å². The Morgan fingerprint density at radius 2 is 1.84 bits per heavy atom. The predicted octanol–water partition coefficient (Wildman–Crippen LogP) is 1.68. The van der Waals surface area contributed by atoms with E-state index in [9.17, 15) is 19.0 Å². The van der Waals surface area contributed by atoms with Crippen molar-refractivity contribution in [3.63, 3.8) is 0 Å². The van der Waals surface area contributed by atoms with Gasteiger partial charge in [0.25, 0.3) is 0 Å². The highest BCUT2D eigenvalue weighted by Gasteiger charge is 2.26. The molecule has 4 nitrogen and oxygen atoms in total. The zero-order valence-corrected chi connectivity index (χ0v) is 10.9. The van der Waals surface area contributed by atoms with E-state index in [0.29, 0.717) is 5.56 Å². The van der Waals surface area contributed by atoms with Gasteiger partial charge in [-0.2, -0.15) is 8.78 Å². The average Bonchev–Trinajstić information content (AvgIpc) is 2.38. The summed E-state index contributed by atoms with van der Waals surface area (Å²) in [6.07, 6.45) is 0. The van der Waals surface area contributed by atoms with E-state index in [1.807, 2.05) is 0 Å². The van der Waals surface area contributed by atoms with Crippen LogP contribution in [0.25, 0.3) is 0 Å². The number of halogens is 2. The summed E-state index contributed by atoms with van der Waals surface area (Å²) in [5, 5.41) is 21.4. The van der Waals surface area contributed by atoms with Crippen molar-refractivity contribution in [1.29, 1.82) is 0 Å². The molecule has 1 atom stereocenters. The van der Waals surface area contributed by atoms with Crippen molar-refractivity contribution >= 4 is 0 Å². The molecular formula is C13H19F2NO3. The number of hydrogen-bond donors (Lipinski definition) is 3. The molecule has 1 aromatic carbocycles. The molecule has 1 unspecified atom stereocenters. The van der Waals surface area contributed by atoms with E-state index < -0.39 is 12.2 Å². The second-order valence-corrected chi connectivity index (χ2v) is 4.66. The van der Waals surface area contributed by atoms with Crippen LogP contribution in [-0.4, -0.2) is 35.6 Å². The van der Waals surface area contributed by atoms with Crippen molar-refractivity contribution in [3.05, 3.63) is 29.8 Å². The van der Waals surface area contributed by atoms with Crippen molar-refractivity contribution in [2.75, 3.05) is 13.2 Å². The summed E-state index contributed by atoms with van der Waals surface area (Å²) in [7, 11) is 0. The molecule has 1 aromatic rings. The Morgan fingerprint density at radius 1 is 1.26 bits per heavy atom. The van der Waals surface area contributed by atoms with Gasteiger partial charge in [-0.1, -0.05) is 18.2 Å². The van der Waals surface area contributed by atoms with Gasteiger partial charge in [0.05, 0.1) is 18.8 Å². The van der Waals surface area contributed by atoms with Gasteiger partial charge in [-0.3, -0.25) is 0 Å². The topological polar surface area (TPSA) is 61.7 Å². The number of aliphatic hydroxyl groups is 2. The minimum absolute atomic E-state index is 0.0794. The number of aliphatic hydroxyl groups excluding tert-OH is 2. The van der Waals surface area contributed by atoms with E-state index in [-0.39, 0.29) is 25.0 Å². The Bertz CT molecular complexity index is 397. The number of rotatable bonds is 7. The smallest absolute Gasteiger partial charge is 0.387 e. The first-order valence-electron chi connectivity index (χ1n) is 5.95. The van der Waals surface area contributed by atoms with Crippen molar-refractivity contribution in [1.82, 2.24) is 5.32 Å². The first kappa shape index (κ1) is 15.8. The standard InChI is InChI=1S/C13H19F2NO3/c1-9(16-13(2,7-17)8-18)10-5-3-4-6-11(10)19-12(14)15/h3-6,9,12,16-18H,7-8H2,1-2H3. The monoisotopic (exact) mass is 275 g/mol. The van der Waals surface area contributed by atoms with Gasteiger partial charge < -0.3 is 20.3 Å². The molecule has 0 saturated carbocycles. The van der Waals surface area contributed by atoms with Gasteiger partial charge in [0.2, 0.25) is 0 Å². The fourth-order valence-electron chi connectivity index (χ4n) is 1.78. The minimum atomic E-state index is -2.89. The molecule has 0 aliphatic rings. The zero-order valence-electron chi connectivity index (χ0n) is 10.9. The van der Waals surface area contributed by atoms with E-state index >= 15 is 0 Å². The van der Waals surface area contributed by atoms with E-state index in [2.05, 4.69) is 10.1 Å². The van der Waals surface area contributed by atoms with Gasteiger partial charge in [-0.15, -0.1) is 0 Å². The number of nitrogens with one attached hydrogen (secondary N) is 1. The lowest BCUT2D eigenvalue weighted by molar-refractivity contribution is -0.0508. The lowest BCUT2D eigenvalue weighted by Crippen LogP contribution is -2.49. The summed E-state index contributed by atoms with van der Waals surface area (Å²) < 4.78 is 29.1. The highest BCUT2D eigenvalue weighted by atomic mass is 19.3. The van der Waals surface area contributed by atoms with Crippen LogP contribution in [0, 0.1) is 0 Å². The van der Waals surface area contributed by atoms with Crippen molar-refractivity contribution in [2.24, 2.45) is 0 Å². The third-order valence-electron chi connectivity index (χ3n) is 2.86. The minimum Gasteiger partial charge on any atom is -0.434 e. The van der Waals surface area contributed by atoms with Gasteiger partial charge in [0.15, 0.2) is 0 Å². The van der Waals surface area contributed by atoms with Crippen LogP contribution in [0.1, 0.15) is 25.5 Å². The quantitative estimate of drug-likeness (QED) is 0.708. The van der Waals surface area contributed by atoms with Crippen LogP contribution in [-0.2, 0) is 0 Å². The first-order valence-corrected chi connectivity index (χ1v) is 5.95. The Morgan fingerprint density at radius 3 is 2.37 bits per heavy atom. The van der Waals surface area contributed by atoms with E-state index in [0.717, 1.165) is 0 Å². The van der Waals surface area contributed by atoms with Crippen molar-refractivity contribution < 1.29 is 23.7 Å². The van der Waals surface area contributed by atoms with Gasteiger partial charge in [-0.25, -0.2) is 0 Å². The maximum absolute atomic E-state index is 12.3. The van der Waals surface area contributed by atoms with Crippen LogP contribution in [0.5, 0.6) is 5.75 Å². The van der Waals surface area contributed by atoms with Crippen LogP contribution in [0.3, 0.4) is 0 Å². The Hall–Kier alpha value is -1.24. The average molecular weight is 275 g/mol. The summed E-state index contributed by atoms with van der Waals surface area (Å²) in [5.74, 6) is 0.0794. The van der Waals surface area contributed by atoms with Gasteiger partial charge in [0.1, 0.15) is 5.75 Å². The lowest BCUT2D eigenvalue weighted by Gasteiger charge is -2.31. The molecule has 3 N–H and O–H groups in total. The highest BCUT2D eigenvalue weighted by molar-refractivity contribution is 5.35. The summed E-state index contributed by atoms with van der Waals surface area (Å²) in [4.78, 5) is 0. The van der Waals surface area contributed by atoms with Crippen molar-refractivity contribution in [2.45, 2.75) is 32.0 Å². The summed E-state index contributed by atoms with van der Waals surface area (Å²) in [6, 6.07) is 6.06. The molecule has 6 heteroatoms. The Labute approximate surface area is 111 Å². The molecule has 0 saturated heterocycles. The second-order valence-electron chi connectivity index (χ2n) is 4.66. The molecule has 0 bridgehead atoms. The van der Waals surface area contributed by atoms with Crippen LogP contribution >= 0.6 is 0 Å². The van der Waals surface area contributed by atoms with Crippen LogP contribution in [0.15, 0.2) is 24.3 Å². The van der Waals surface area contributed by atoms with Crippen LogP contribution in [0.4, 0.5) is 8.78 Å². The normalized spacial score (nSPS) is 13.6. The van der Waals surface area contributed by atoms with Gasteiger partial charge >= 0.3 is 6.61 Å². The zero-order chi connectivity index (χ0) is 14.5. The third-order valence-corrected chi connectivity index (χ3v) is 2.86. The van der Waals surface area contributed by atoms with E-state index in [1.54, 1.807) is 32.0 Å². The maximum atomic E-state index is 12.3. The largest absolute Gasteiger partial charge is 0.434 e. The third kappa shape index (κ3) is 4.41. The fraction of sp³-hybridized carbons (Fsp3) is 0.538. The Kier molecular flexibility index (Phi) is 5.65. The predicted molar refractivity (Wildman–Crippen MR) is 67.2 cm³/mol. The summed E-state index contributed by atoms with van der Waals surface area (Å²) >= 11 is 0. The molecule has 0 aliphatic carbocycles. The Balaban J connectivity index is 2.90. The van der Waals surface area contributed by atoms with E-state index in [4.69, 9.17) is 0 Å². The summed E-state index contributed by atoms with van der Waals surface area (Å²) in [6.45, 7) is -0.0511. The van der Waals surface area contributed by atoms with Gasteiger partial charge in [0, 0.05) is 11.6 Å². The maximum Gasteiger partial charge on any atom is 0.387 e. The van der Waals surface area contributed by atoms with E-state index in [1.165, 1.54) is 6.07 Å². The SMILES string of the molecule is CC(NC(C)(CO)CO)c1ccccc1OC(F)F. The molecule has 0 fully saturated rings. The number of benzene rings is 1. The van der Waals surface area contributed by atoms with Crippen LogP contribution < -0.4 is 10.1 Å². The molecular weight excluding hydrogens is 256 g/mol. The molecule has 0 radical (unpaired) electrons. The summed E-state index contributed by atoms with van der Waals surface area (Å²) in [5.41, 5.74) is -0.354. The highest BCUT2D eigenvalue weighted by Crippen LogP contribution is 2.27. The molecule has 1 rings (SSSR count). The number of ether oxygens (including phenoxy) is 1. The molecule has 0 amide bonds. The first-order chi connectivity index (χ1) is 8.91. The number of hydrogen-bond acceptors (Lipinski definition) is 4. The molecule has 0 heterocycles. The van der Waals surface area contributed by atoms with Gasteiger partial charge in [-0.05, 0) is 19.9 Å². The molecule has 0 aromatic heterocycles. The molecule has 0 aliphatic heterocycles. The second kappa shape index (κ2) is 6.79. The fourth-order valence-corrected chi connectivity index (χ4v) is 1.78. The molecule has 0 spiro atoms. The number of para-hydroxylation sites is 1. The lowest BCUT2D eigenvalue weighted by atomic mass is 10.00. The molecule has 19 heavy (non-hydrogen) atoms.